The summed E-state index contributed by atoms with van der Waals surface area (Å²) in [5.41, 5.74) is 1.55. The van der Waals surface area contributed by atoms with Gasteiger partial charge in [0.1, 0.15) is 0 Å². The van der Waals surface area contributed by atoms with Crippen LogP contribution in [0.15, 0.2) is 11.8 Å². The molecule has 0 spiro atoms. The second-order valence-corrected chi connectivity index (χ2v) is 2.93. The first-order valence-electron chi connectivity index (χ1n) is 3.87. The molecule has 0 aromatic heterocycles. The summed E-state index contributed by atoms with van der Waals surface area (Å²) in [5.74, 6) is 0. The third-order valence-electron chi connectivity index (χ3n) is 1.91. The molecule has 0 bridgehead atoms. The predicted octanol–water partition coefficient (Wildman–Crippen LogP) is 1.46. The Morgan fingerprint density at radius 1 is 1.50 bits per heavy atom. The highest BCUT2D eigenvalue weighted by Gasteiger charge is 2.12. The zero-order valence-corrected chi connectivity index (χ0v) is 7.09. The summed E-state index contributed by atoms with van der Waals surface area (Å²) in [5, 5.41) is 4.36. The van der Waals surface area contributed by atoms with E-state index in [0.29, 0.717) is 0 Å². The van der Waals surface area contributed by atoms with Crippen molar-refractivity contribution in [2.75, 3.05) is 20.6 Å². The van der Waals surface area contributed by atoms with Gasteiger partial charge in [-0.1, -0.05) is 13.3 Å². The van der Waals surface area contributed by atoms with Gasteiger partial charge < -0.3 is 5.01 Å². The minimum Gasteiger partial charge on any atom is -0.316 e. The van der Waals surface area contributed by atoms with Gasteiger partial charge in [-0.05, 0) is 12.0 Å². The molecule has 0 amide bonds. The predicted molar refractivity (Wildman–Crippen MR) is 43.4 cm³/mol. The molecule has 2 heteroatoms. The summed E-state index contributed by atoms with van der Waals surface area (Å²) < 4.78 is 0. The fourth-order valence-electron chi connectivity index (χ4n) is 1.27. The summed E-state index contributed by atoms with van der Waals surface area (Å²) in [6.45, 7) is 3.34. The van der Waals surface area contributed by atoms with Crippen molar-refractivity contribution in [3.05, 3.63) is 11.8 Å². The van der Waals surface area contributed by atoms with Crippen molar-refractivity contribution in [1.82, 2.24) is 10.0 Å². The monoisotopic (exact) mass is 140 g/mol. The van der Waals surface area contributed by atoms with E-state index in [-0.39, 0.29) is 0 Å². The van der Waals surface area contributed by atoms with Gasteiger partial charge >= 0.3 is 0 Å². The first kappa shape index (κ1) is 7.61. The molecule has 2 nitrogen and oxygen atoms in total. The number of rotatable bonds is 2. The van der Waals surface area contributed by atoms with Crippen LogP contribution in [0.25, 0.3) is 0 Å². The number of nitrogens with zero attached hydrogens (tertiary/aromatic N) is 2. The summed E-state index contributed by atoms with van der Waals surface area (Å²) in [6, 6.07) is 0. The first-order valence-corrected chi connectivity index (χ1v) is 3.87. The Kier molecular flexibility index (Phi) is 2.33. The Balaban J connectivity index is 2.42. The topological polar surface area (TPSA) is 6.48 Å². The molecule has 10 heavy (non-hydrogen) atoms. The van der Waals surface area contributed by atoms with E-state index in [2.05, 4.69) is 37.2 Å². The van der Waals surface area contributed by atoms with Gasteiger partial charge in [-0.25, -0.2) is 5.01 Å². The van der Waals surface area contributed by atoms with Crippen LogP contribution in [-0.2, 0) is 0 Å². The number of hydrogen-bond acceptors (Lipinski definition) is 2. The normalized spacial score (nSPS) is 19.9. The lowest BCUT2D eigenvalue weighted by molar-refractivity contribution is 0.116. The second kappa shape index (κ2) is 3.06. The fourth-order valence-corrected chi connectivity index (χ4v) is 1.27. The molecule has 0 unspecified atom stereocenters. The lowest BCUT2D eigenvalue weighted by Crippen LogP contribution is -2.27. The molecular weight excluding hydrogens is 124 g/mol. The molecule has 0 N–H and O–H groups in total. The standard InChI is InChI=1S/C8H16N2/c1-4-5-8-6-9(2)10(3)7-8/h6H,4-5,7H2,1-3H3. The SMILES string of the molecule is CCCC1=CN(C)N(C)C1. The molecule has 1 heterocycles. The zero-order valence-electron chi connectivity index (χ0n) is 7.09. The van der Waals surface area contributed by atoms with Crippen molar-refractivity contribution in [3.8, 4) is 0 Å². The second-order valence-electron chi connectivity index (χ2n) is 2.93. The van der Waals surface area contributed by atoms with Crippen molar-refractivity contribution in [2.45, 2.75) is 19.8 Å². The average Bonchev–Trinajstić information content (AvgIpc) is 2.14. The Bertz CT molecular complexity index is 140. The highest BCUT2D eigenvalue weighted by Crippen LogP contribution is 2.14. The molecule has 0 atom stereocenters. The van der Waals surface area contributed by atoms with E-state index >= 15 is 0 Å². The van der Waals surface area contributed by atoms with Gasteiger partial charge in [-0.2, -0.15) is 0 Å². The van der Waals surface area contributed by atoms with Gasteiger partial charge in [0.25, 0.3) is 0 Å². The maximum absolute atomic E-state index is 2.23. The van der Waals surface area contributed by atoms with Crippen molar-refractivity contribution in [2.24, 2.45) is 0 Å². The van der Waals surface area contributed by atoms with Crippen molar-refractivity contribution in [3.63, 3.8) is 0 Å². The average molecular weight is 140 g/mol. The molecule has 0 aromatic carbocycles. The highest BCUT2D eigenvalue weighted by atomic mass is 15.6. The third kappa shape index (κ3) is 1.51. The summed E-state index contributed by atoms with van der Waals surface area (Å²) in [7, 11) is 4.20. The molecule has 0 fully saturated rings. The van der Waals surface area contributed by atoms with Crippen LogP contribution >= 0.6 is 0 Å². The minimum absolute atomic E-state index is 1.12. The Morgan fingerprint density at radius 3 is 2.60 bits per heavy atom. The van der Waals surface area contributed by atoms with E-state index in [1.165, 1.54) is 12.8 Å². The molecule has 1 aliphatic heterocycles. The van der Waals surface area contributed by atoms with E-state index in [1.807, 2.05) is 0 Å². The van der Waals surface area contributed by atoms with Crippen LogP contribution in [0, 0.1) is 0 Å². The lowest BCUT2D eigenvalue weighted by atomic mass is 10.2. The number of hydrazine groups is 1. The molecule has 0 saturated heterocycles. The van der Waals surface area contributed by atoms with Crippen molar-refractivity contribution < 1.29 is 0 Å². The summed E-state index contributed by atoms with van der Waals surface area (Å²) in [4.78, 5) is 0. The van der Waals surface area contributed by atoms with Gasteiger partial charge in [0.2, 0.25) is 0 Å². The Morgan fingerprint density at radius 2 is 2.20 bits per heavy atom. The fraction of sp³-hybridized carbons (Fsp3) is 0.750. The molecule has 1 rings (SSSR count). The molecular formula is C8H16N2. The third-order valence-corrected chi connectivity index (χ3v) is 1.91. The van der Waals surface area contributed by atoms with Crippen LogP contribution in [0.5, 0.6) is 0 Å². The van der Waals surface area contributed by atoms with E-state index in [0.717, 1.165) is 6.54 Å². The summed E-state index contributed by atoms with van der Waals surface area (Å²) in [6.07, 6.45) is 4.73. The van der Waals surface area contributed by atoms with Crippen LogP contribution in [0.4, 0.5) is 0 Å². The largest absolute Gasteiger partial charge is 0.316 e. The Hall–Kier alpha value is -0.500. The van der Waals surface area contributed by atoms with Gasteiger partial charge in [0.15, 0.2) is 0 Å². The van der Waals surface area contributed by atoms with Gasteiger partial charge in [-0.15, -0.1) is 0 Å². The number of hydrogen-bond donors (Lipinski definition) is 0. The molecule has 1 aliphatic rings. The summed E-state index contributed by atoms with van der Waals surface area (Å²) >= 11 is 0. The van der Waals surface area contributed by atoms with E-state index in [4.69, 9.17) is 0 Å². The van der Waals surface area contributed by atoms with Crippen molar-refractivity contribution in [1.29, 1.82) is 0 Å². The Labute approximate surface area is 63.1 Å². The molecule has 0 radical (unpaired) electrons. The van der Waals surface area contributed by atoms with Crippen LogP contribution in [0.1, 0.15) is 19.8 Å². The van der Waals surface area contributed by atoms with Crippen LogP contribution < -0.4 is 0 Å². The van der Waals surface area contributed by atoms with E-state index in [1.54, 1.807) is 5.57 Å². The molecule has 58 valence electrons. The molecule has 0 aromatic rings. The number of likely N-dealkylation sites (N-methyl/N-ethyl adjacent to an activating group) is 1. The van der Waals surface area contributed by atoms with Crippen LogP contribution in [0.2, 0.25) is 0 Å². The molecule has 0 saturated carbocycles. The smallest absolute Gasteiger partial charge is 0.0405 e. The maximum Gasteiger partial charge on any atom is 0.0405 e. The first-order chi connectivity index (χ1) is 4.74. The van der Waals surface area contributed by atoms with Crippen molar-refractivity contribution >= 4 is 0 Å². The van der Waals surface area contributed by atoms with Crippen LogP contribution in [0.3, 0.4) is 0 Å². The zero-order chi connectivity index (χ0) is 7.56. The maximum atomic E-state index is 2.23. The van der Waals surface area contributed by atoms with Gasteiger partial charge in [-0.3, -0.25) is 0 Å². The van der Waals surface area contributed by atoms with Gasteiger partial charge in [0, 0.05) is 26.8 Å². The molecule has 0 aliphatic carbocycles. The minimum atomic E-state index is 1.12. The lowest BCUT2D eigenvalue weighted by Gasteiger charge is -2.18. The van der Waals surface area contributed by atoms with Gasteiger partial charge in [0.05, 0.1) is 0 Å². The van der Waals surface area contributed by atoms with E-state index < -0.39 is 0 Å². The highest BCUT2D eigenvalue weighted by molar-refractivity contribution is 5.07. The van der Waals surface area contributed by atoms with E-state index in [9.17, 15) is 0 Å². The quantitative estimate of drug-likeness (QED) is 0.573. The van der Waals surface area contributed by atoms with Crippen LogP contribution in [-0.4, -0.2) is 30.7 Å².